The van der Waals surface area contributed by atoms with Gasteiger partial charge in [0.15, 0.2) is 0 Å². The van der Waals surface area contributed by atoms with Gasteiger partial charge in [0.05, 0.1) is 5.56 Å². The van der Waals surface area contributed by atoms with E-state index in [0.717, 1.165) is 37.1 Å². The molecule has 5 heteroatoms. The van der Waals surface area contributed by atoms with Gasteiger partial charge in [-0.1, -0.05) is 12.1 Å². The Morgan fingerprint density at radius 1 is 1.06 bits per heavy atom. The molecule has 96 valence electrons. The molecule has 0 aliphatic heterocycles. The quantitative estimate of drug-likeness (QED) is 0.609. The highest BCUT2D eigenvalue weighted by Gasteiger charge is 2.29. The van der Waals surface area contributed by atoms with Gasteiger partial charge in [-0.2, -0.15) is 13.2 Å². The molecule has 1 N–H and O–H groups in total. The summed E-state index contributed by atoms with van der Waals surface area (Å²) in [5, 5.41) is 3.15. The van der Waals surface area contributed by atoms with Gasteiger partial charge in [-0.15, -0.1) is 11.6 Å². The lowest BCUT2D eigenvalue weighted by molar-refractivity contribution is -0.137. The molecule has 0 radical (unpaired) electrons. The fraction of sp³-hybridized carbons (Fsp3) is 0.500. The Morgan fingerprint density at radius 3 is 2.24 bits per heavy atom. The van der Waals surface area contributed by atoms with Crippen LogP contribution in [-0.4, -0.2) is 12.4 Å². The second-order valence-corrected chi connectivity index (χ2v) is 4.15. The minimum absolute atomic E-state index is 0.584. The van der Waals surface area contributed by atoms with E-state index in [0.29, 0.717) is 12.4 Å². The minimum Gasteiger partial charge on any atom is -0.313 e. The maximum absolute atomic E-state index is 12.3. The van der Waals surface area contributed by atoms with Gasteiger partial charge in [-0.05, 0) is 37.1 Å². The summed E-state index contributed by atoms with van der Waals surface area (Å²) < 4.78 is 36.8. The van der Waals surface area contributed by atoms with E-state index >= 15 is 0 Å². The van der Waals surface area contributed by atoms with Gasteiger partial charge in [0.2, 0.25) is 0 Å². The number of hydrogen-bond donors (Lipinski definition) is 1. The summed E-state index contributed by atoms with van der Waals surface area (Å²) in [5.74, 6) is 0.641. The molecule has 1 aromatic rings. The Balaban J connectivity index is 2.36. The molecule has 1 aromatic carbocycles. The van der Waals surface area contributed by atoms with Crippen LogP contribution in [0.15, 0.2) is 24.3 Å². The Kier molecular flexibility index (Phi) is 5.78. The van der Waals surface area contributed by atoms with Crippen molar-refractivity contribution in [2.75, 3.05) is 12.4 Å². The number of unbranched alkanes of at least 4 members (excludes halogenated alkanes) is 1. The van der Waals surface area contributed by atoms with Crippen molar-refractivity contribution in [2.45, 2.75) is 25.6 Å². The number of hydrogen-bond acceptors (Lipinski definition) is 1. The van der Waals surface area contributed by atoms with Crippen LogP contribution in [0, 0.1) is 0 Å². The van der Waals surface area contributed by atoms with Gasteiger partial charge in [0.25, 0.3) is 0 Å². The summed E-state index contributed by atoms with van der Waals surface area (Å²) in [6.07, 6.45) is -2.34. The van der Waals surface area contributed by atoms with E-state index in [-0.39, 0.29) is 0 Å². The summed E-state index contributed by atoms with van der Waals surface area (Å²) in [6, 6.07) is 5.21. The maximum atomic E-state index is 12.3. The molecule has 17 heavy (non-hydrogen) atoms. The topological polar surface area (TPSA) is 12.0 Å². The average Bonchev–Trinajstić information content (AvgIpc) is 2.28. The zero-order valence-corrected chi connectivity index (χ0v) is 10.1. The van der Waals surface area contributed by atoms with E-state index in [4.69, 9.17) is 11.6 Å². The van der Waals surface area contributed by atoms with Crippen molar-refractivity contribution in [2.24, 2.45) is 0 Å². The molecular weight excluding hydrogens is 251 g/mol. The predicted molar refractivity (Wildman–Crippen MR) is 63.1 cm³/mol. The van der Waals surface area contributed by atoms with Crippen molar-refractivity contribution in [3.8, 4) is 0 Å². The fourth-order valence-electron chi connectivity index (χ4n) is 1.39. The Hall–Kier alpha value is -0.740. The molecule has 0 unspecified atom stereocenters. The van der Waals surface area contributed by atoms with Crippen LogP contribution in [0.5, 0.6) is 0 Å². The summed E-state index contributed by atoms with van der Waals surface area (Å²) in [7, 11) is 0. The largest absolute Gasteiger partial charge is 0.416 e. The monoisotopic (exact) mass is 265 g/mol. The average molecular weight is 266 g/mol. The second kappa shape index (κ2) is 6.87. The van der Waals surface area contributed by atoms with Gasteiger partial charge >= 0.3 is 6.18 Å². The van der Waals surface area contributed by atoms with E-state index in [1.165, 1.54) is 12.1 Å². The van der Waals surface area contributed by atoms with E-state index < -0.39 is 11.7 Å². The minimum atomic E-state index is -4.26. The summed E-state index contributed by atoms with van der Waals surface area (Å²) in [5.41, 5.74) is 0.243. The van der Waals surface area contributed by atoms with Gasteiger partial charge in [-0.3, -0.25) is 0 Å². The molecule has 0 aromatic heterocycles. The molecule has 0 heterocycles. The van der Waals surface area contributed by atoms with Crippen LogP contribution in [0.25, 0.3) is 0 Å². The molecule has 0 aliphatic rings. The lowest BCUT2D eigenvalue weighted by atomic mass is 10.1. The second-order valence-electron chi connectivity index (χ2n) is 3.77. The molecule has 0 aliphatic carbocycles. The van der Waals surface area contributed by atoms with Crippen LogP contribution in [0.1, 0.15) is 24.0 Å². The van der Waals surface area contributed by atoms with Gasteiger partial charge < -0.3 is 5.32 Å². The van der Waals surface area contributed by atoms with Crippen LogP contribution in [0.2, 0.25) is 0 Å². The predicted octanol–water partition coefficient (Wildman–Crippen LogP) is 3.81. The standard InChI is InChI=1S/C12H15ClF3N/c13-7-1-2-8-17-9-10-3-5-11(6-4-10)12(14,15)16/h3-6,17H,1-2,7-9H2. The third kappa shape index (κ3) is 5.41. The van der Waals surface area contributed by atoms with E-state index in [1.54, 1.807) is 0 Å². The first-order valence-corrected chi connectivity index (χ1v) is 6.00. The molecular formula is C12H15ClF3N. The summed E-state index contributed by atoms with van der Waals surface area (Å²) >= 11 is 5.52. The Labute approximate surface area is 104 Å². The number of rotatable bonds is 6. The highest BCUT2D eigenvalue weighted by Crippen LogP contribution is 2.28. The highest BCUT2D eigenvalue weighted by molar-refractivity contribution is 6.17. The molecule has 0 saturated heterocycles. The molecule has 1 nitrogen and oxygen atoms in total. The first-order valence-electron chi connectivity index (χ1n) is 5.47. The summed E-state index contributed by atoms with van der Waals surface area (Å²) in [4.78, 5) is 0. The molecule has 0 amide bonds. The normalized spacial score (nSPS) is 11.8. The molecule has 0 bridgehead atoms. The zero-order chi connectivity index (χ0) is 12.7. The number of alkyl halides is 4. The van der Waals surface area contributed by atoms with Crippen LogP contribution in [0.4, 0.5) is 13.2 Å². The molecule has 0 spiro atoms. The fourth-order valence-corrected chi connectivity index (χ4v) is 1.58. The third-order valence-corrected chi connectivity index (χ3v) is 2.61. The van der Waals surface area contributed by atoms with Crippen molar-refractivity contribution in [3.63, 3.8) is 0 Å². The molecule has 0 atom stereocenters. The van der Waals surface area contributed by atoms with Crippen LogP contribution in [0.3, 0.4) is 0 Å². The van der Waals surface area contributed by atoms with Crippen molar-refractivity contribution in [3.05, 3.63) is 35.4 Å². The van der Waals surface area contributed by atoms with E-state index in [9.17, 15) is 13.2 Å². The lowest BCUT2D eigenvalue weighted by Gasteiger charge is -2.08. The Bertz CT molecular complexity index is 322. The number of benzene rings is 1. The first-order chi connectivity index (χ1) is 8.04. The molecule has 0 saturated carbocycles. The van der Waals surface area contributed by atoms with Crippen molar-refractivity contribution in [1.82, 2.24) is 5.32 Å². The first kappa shape index (κ1) is 14.3. The zero-order valence-electron chi connectivity index (χ0n) is 9.36. The maximum Gasteiger partial charge on any atom is 0.416 e. The SMILES string of the molecule is FC(F)(F)c1ccc(CNCCCCCl)cc1. The van der Waals surface area contributed by atoms with Gasteiger partial charge in [0.1, 0.15) is 0 Å². The number of halogens is 4. The third-order valence-electron chi connectivity index (χ3n) is 2.35. The van der Waals surface area contributed by atoms with Gasteiger partial charge in [-0.25, -0.2) is 0 Å². The van der Waals surface area contributed by atoms with Crippen LogP contribution in [-0.2, 0) is 12.7 Å². The van der Waals surface area contributed by atoms with E-state index in [2.05, 4.69) is 5.32 Å². The van der Waals surface area contributed by atoms with Crippen molar-refractivity contribution in [1.29, 1.82) is 0 Å². The summed E-state index contributed by atoms with van der Waals surface area (Å²) in [6.45, 7) is 1.41. The van der Waals surface area contributed by atoms with Gasteiger partial charge in [0, 0.05) is 12.4 Å². The van der Waals surface area contributed by atoms with E-state index in [1.807, 2.05) is 0 Å². The van der Waals surface area contributed by atoms with Crippen molar-refractivity contribution < 1.29 is 13.2 Å². The molecule has 0 fully saturated rings. The Morgan fingerprint density at radius 2 is 1.71 bits per heavy atom. The highest BCUT2D eigenvalue weighted by atomic mass is 35.5. The van der Waals surface area contributed by atoms with Crippen LogP contribution < -0.4 is 5.32 Å². The smallest absolute Gasteiger partial charge is 0.313 e. The molecule has 1 rings (SSSR count). The van der Waals surface area contributed by atoms with Crippen LogP contribution >= 0.6 is 11.6 Å². The lowest BCUT2D eigenvalue weighted by Crippen LogP contribution is -2.15. The van der Waals surface area contributed by atoms with Crippen molar-refractivity contribution >= 4 is 11.6 Å². The number of nitrogens with one attached hydrogen (secondary N) is 1.